The summed E-state index contributed by atoms with van der Waals surface area (Å²) in [6.45, 7) is 10.8. The van der Waals surface area contributed by atoms with Crippen LogP contribution in [0.5, 0.6) is 0 Å². The third-order valence-electron chi connectivity index (χ3n) is 1.55. The fraction of sp³-hybridized carbons (Fsp3) is 0.889. The van der Waals surface area contributed by atoms with Gasteiger partial charge in [0.2, 0.25) is 0 Å². The molecule has 2 nitrogen and oxygen atoms in total. The molecule has 0 radical (unpaired) electrons. The van der Waals surface area contributed by atoms with Gasteiger partial charge in [-0.15, -0.1) is 0 Å². The Morgan fingerprint density at radius 1 is 1.45 bits per heavy atom. The van der Waals surface area contributed by atoms with E-state index < -0.39 is 0 Å². The molecule has 0 saturated carbocycles. The average molecular weight is 157 g/mol. The molecule has 0 aliphatic heterocycles. The third-order valence-corrected chi connectivity index (χ3v) is 1.55. The molecule has 0 saturated heterocycles. The van der Waals surface area contributed by atoms with Gasteiger partial charge in [-0.25, -0.2) is 0 Å². The van der Waals surface area contributed by atoms with Crippen LogP contribution >= 0.6 is 0 Å². The first-order valence-electron chi connectivity index (χ1n) is 4.07. The minimum Gasteiger partial charge on any atom is -0.307 e. The maximum atomic E-state index is 10.8. The maximum absolute atomic E-state index is 10.8. The first kappa shape index (κ1) is 10.6. The molecule has 11 heavy (non-hydrogen) atoms. The van der Waals surface area contributed by atoms with E-state index in [-0.39, 0.29) is 17.2 Å². The summed E-state index contributed by atoms with van der Waals surface area (Å²) >= 11 is 0. The summed E-state index contributed by atoms with van der Waals surface area (Å²) < 4.78 is 0. The largest absolute Gasteiger partial charge is 0.307 e. The van der Waals surface area contributed by atoms with Gasteiger partial charge in [0.25, 0.3) is 0 Å². The van der Waals surface area contributed by atoms with Crippen molar-refractivity contribution in [1.82, 2.24) is 5.32 Å². The molecule has 0 aromatic rings. The number of ketones is 1. The van der Waals surface area contributed by atoms with Crippen molar-refractivity contribution in [2.75, 3.05) is 6.54 Å². The van der Waals surface area contributed by atoms with Gasteiger partial charge in [-0.1, -0.05) is 20.8 Å². The van der Waals surface area contributed by atoms with E-state index in [2.05, 4.69) is 26.1 Å². The van der Waals surface area contributed by atoms with Gasteiger partial charge in [0.05, 0.1) is 6.04 Å². The first-order valence-corrected chi connectivity index (χ1v) is 4.07. The number of carbonyl (C=O) groups is 1. The van der Waals surface area contributed by atoms with Gasteiger partial charge in [0, 0.05) is 6.54 Å². The Kier molecular flexibility index (Phi) is 3.73. The highest BCUT2D eigenvalue weighted by atomic mass is 16.1. The van der Waals surface area contributed by atoms with Crippen molar-refractivity contribution in [3.8, 4) is 0 Å². The second-order valence-corrected chi connectivity index (χ2v) is 4.27. The molecule has 1 N–H and O–H groups in total. The lowest BCUT2D eigenvalue weighted by Crippen LogP contribution is -2.37. The van der Waals surface area contributed by atoms with Gasteiger partial charge in [0.15, 0.2) is 0 Å². The Morgan fingerprint density at radius 2 is 1.91 bits per heavy atom. The van der Waals surface area contributed by atoms with E-state index in [0.29, 0.717) is 0 Å². The predicted molar refractivity (Wildman–Crippen MR) is 47.6 cm³/mol. The van der Waals surface area contributed by atoms with E-state index in [0.717, 1.165) is 6.54 Å². The Labute approximate surface area is 69.4 Å². The van der Waals surface area contributed by atoms with Crippen molar-refractivity contribution in [2.45, 2.75) is 40.7 Å². The summed E-state index contributed by atoms with van der Waals surface area (Å²) in [6.07, 6.45) is 0. The highest BCUT2D eigenvalue weighted by Crippen LogP contribution is 2.10. The van der Waals surface area contributed by atoms with E-state index in [4.69, 9.17) is 0 Å². The topological polar surface area (TPSA) is 29.1 Å². The molecular formula is C9H19NO. The van der Waals surface area contributed by atoms with Crippen molar-refractivity contribution in [3.63, 3.8) is 0 Å². The molecule has 0 amide bonds. The van der Waals surface area contributed by atoms with Crippen molar-refractivity contribution >= 4 is 5.78 Å². The molecule has 0 aliphatic carbocycles. The number of hydrogen-bond donors (Lipinski definition) is 1. The standard InChI is InChI=1S/C9H19NO/c1-7(8(2)11)10-6-9(3,4)5/h7,10H,6H2,1-5H3/t7-/m0/s1. The summed E-state index contributed by atoms with van der Waals surface area (Å²) in [5, 5.41) is 3.17. The molecule has 1 atom stereocenters. The van der Waals surface area contributed by atoms with Crippen LogP contribution in [0.4, 0.5) is 0 Å². The number of hydrogen-bond acceptors (Lipinski definition) is 2. The summed E-state index contributed by atoms with van der Waals surface area (Å²) in [4.78, 5) is 10.8. The highest BCUT2D eigenvalue weighted by molar-refractivity contribution is 5.80. The van der Waals surface area contributed by atoms with E-state index in [9.17, 15) is 4.79 Å². The van der Waals surface area contributed by atoms with Crippen molar-refractivity contribution in [3.05, 3.63) is 0 Å². The van der Waals surface area contributed by atoms with Crippen LogP contribution in [-0.2, 0) is 4.79 Å². The first-order chi connectivity index (χ1) is 4.83. The molecule has 0 rings (SSSR count). The van der Waals surface area contributed by atoms with Crippen LogP contribution in [0.2, 0.25) is 0 Å². The van der Waals surface area contributed by atoms with Gasteiger partial charge in [-0.05, 0) is 19.3 Å². The second kappa shape index (κ2) is 3.86. The molecule has 0 aromatic carbocycles. The van der Waals surface area contributed by atoms with Gasteiger partial charge in [-0.2, -0.15) is 0 Å². The summed E-state index contributed by atoms with van der Waals surface area (Å²) in [7, 11) is 0. The van der Waals surface area contributed by atoms with Crippen molar-refractivity contribution in [1.29, 1.82) is 0 Å². The van der Waals surface area contributed by atoms with Crippen LogP contribution in [0.15, 0.2) is 0 Å². The summed E-state index contributed by atoms with van der Waals surface area (Å²) in [6, 6.07) is -0.00535. The second-order valence-electron chi connectivity index (χ2n) is 4.27. The number of rotatable bonds is 3. The summed E-state index contributed by atoms with van der Waals surface area (Å²) in [5.74, 6) is 0.203. The molecule has 0 unspecified atom stereocenters. The molecule has 0 bridgehead atoms. The molecule has 0 heterocycles. The van der Waals surface area contributed by atoms with Crippen LogP contribution in [0.3, 0.4) is 0 Å². The number of Topliss-reactive ketones (excluding diaryl/α,β-unsaturated/α-hetero) is 1. The van der Waals surface area contributed by atoms with Crippen LogP contribution < -0.4 is 5.32 Å². The minimum absolute atomic E-state index is 0.00535. The molecule has 2 heteroatoms. The zero-order chi connectivity index (χ0) is 9.07. The summed E-state index contributed by atoms with van der Waals surface area (Å²) in [5.41, 5.74) is 0.254. The zero-order valence-corrected chi connectivity index (χ0v) is 8.19. The van der Waals surface area contributed by atoms with Gasteiger partial charge in [0.1, 0.15) is 5.78 Å². The lowest BCUT2D eigenvalue weighted by molar-refractivity contribution is -0.118. The normalized spacial score (nSPS) is 14.6. The molecular weight excluding hydrogens is 138 g/mol. The van der Waals surface area contributed by atoms with Crippen molar-refractivity contribution < 1.29 is 4.79 Å². The van der Waals surface area contributed by atoms with Crippen LogP contribution in [0, 0.1) is 5.41 Å². The lowest BCUT2D eigenvalue weighted by atomic mass is 9.96. The lowest BCUT2D eigenvalue weighted by Gasteiger charge is -2.21. The Balaban J connectivity index is 3.63. The fourth-order valence-electron chi connectivity index (χ4n) is 0.603. The SMILES string of the molecule is CC(=O)[C@H](C)NCC(C)(C)C. The van der Waals surface area contributed by atoms with Crippen LogP contribution in [0.25, 0.3) is 0 Å². The molecule has 0 spiro atoms. The number of carbonyl (C=O) groups excluding carboxylic acids is 1. The van der Waals surface area contributed by atoms with E-state index >= 15 is 0 Å². The Morgan fingerprint density at radius 3 is 2.18 bits per heavy atom. The zero-order valence-electron chi connectivity index (χ0n) is 8.19. The third kappa shape index (κ3) is 6.05. The maximum Gasteiger partial charge on any atom is 0.146 e. The molecule has 0 fully saturated rings. The van der Waals surface area contributed by atoms with Gasteiger partial charge >= 0.3 is 0 Å². The van der Waals surface area contributed by atoms with E-state index in [1.165, 1.54) is 0 Å². The smallest absolute Gasteiger partial charge is 0.146 e. The van der Waals surface area contributed by atoms with Gasteiger partial charge in [-0.3, -0.25) is 4.79 Å². The number of nitrogens with one attached hydrogen (secondary N) is 1. The monoisotopic (exact) mass is 157 g/mol. The molecule has 66 valence electrons. The molecule has 0 aromatic heterocycles. The van der Waals surface area contributed by atoms with E-state index in [1.807, 2.05) is 6.92 Å². The Bertz CT molecular complexity index is 135. The fourth-order valence-corrected chi connectivity index (χ4v) is 0.603. The van der Waals surface area contributed by atoms with Crippen LogP contribution in [0.1, 0.15) is 34.6 Å². The average Bonchev–Trinajstić information content (AvgIpc) is 1.80. The Hall–Kier alpha value is -0.370. The highest BCUT2D eigenvalue weighted by Gasteiger charge is 2.13. The minimum atomic E-state index is -0.00535. The quantitative estimate of drug-likeness (QED) is 0.674. The van der Waals surface area contributed by atoms with Crippen molar-refractivity contribution in [2.24, 2.45) is 5.41 Å². The van der Waals surface area contributed by atoms with Gasteiger partial charge < -0.3 is 5.32 Å². The predicted octanol–water partition coefficient (Wildman–Crippen LogP) is 1.60. The molecule has 0 aliphatic rings. The van der Waals surface area contributed by atoms with Crippen LogP contribution in [-0.4, -0.2) is 18.4 Å². The van der Waals surface area contributed by atoms with E-state index in [1.54, 1.807) is 6.92 Å².